The third kappa shape index (κ3) is 8.82. The zero-order chi connectivity index (χ0) is 30.2. The van der Waals surface area contributed by atoms with E-state index < -0.39 is 28.5 Å². The van der Waals surface area contributed by atoms with Crippen molar-refractivity contribution in [3.05, 3.63) is 95.1 Å². The molecule has 0 aliphatic heterocycles. The largest absolute Gasteiger partial charge is 0.497 e. The van der Waals surface area contributed by atoms with E-state index in [1.807, 2.05) is 88.4 Å². The minimum absolute atomic E-state index is 0.0891. The molecule has 0 aromatic heterocycles. The zero-order valence-corrected chi connectivity index (χ0v) is 25.6. The van der Waals surface area contributed by atoms with E-state index >= 15 is 0 Å². The third-order valence-corrected chi connectivity index (χ3v) is 8.20. The average Bonchev–Trinajstić information content (AvgIpc) is 2.94. The molecule has 41 heavy (non-hydrogen) atoms. The van der Waals surface area contributed by atoms with Crippen molar-refractivity contribution < 1.29 is 22.7 Å². The van der Waals surface area contributed by atoms with Gasteiger partial charge in [0.25, 0.3) is 0 Å². The Bertz CT molecular complexity index is 1440. The molecular weight excluding hydrogens is 538 g/mol. The molecule has 0 bridgehead atoms. The van der Waals surface area contributed by atoms with Gasteiger partial charge in [-0.25, -0.2) is 8.42 Å². The third-order valence-electron chi connectivity index (χ3n) is 7.07. The SMILES string of the molecule is CC[C@H](C)NC(=O)[C@H](Cc1ccccc1)N(Cc1cccc(OC)c1)C(=O)CN(c1cc(C)ccc1C)S(C)(=O)=O. The summed E-state index contributed by atoms with van der Waals surface area (Å²) in [6, 6.07) is 21.3. The maximum absolute atomic E-state index is 14.2. The normalized spacial score (nSPS) is 12.7. The summed E-state index contributed by atoms with van der Waals surface area (Å²) >= 11 is 0. The minimum atomic E-state index is -3.83. The molecule has 0 saturated heterocycles. The fourth-order valence-electron chi connectivity index (χ4n) is 4.55. The van der Waals surface area contributed by atoms with Crippen molar-refractivity contribution >= 4 is 27.5 Å². The first-order chi connectivity index (χ1) is 19.4. The number of benzene rings is 3. The van der Waals surface area contributed by atoms with Crippen LogP contribution >= 0.6 is 0 Å². The fraction of sp³-hybridized carbons (Fsp3) is 0.375. The molecular formula is C32H41N3O5S. The van der Waals surface area contributed by atoms with Crippen LogP contribution in [0.25, 0.3) is 0 Å². The lowest BCUT2D eigenvalue weighted by Gasteiger charge is -2.34. The predicted molar refractivity (Wildman–Crippen MR) is 163 cm³/mol. The molecule has 0 spiro atoms. The van der Waals surface area contributed by atoms with Gasteiger partial charge < -0.3 is 15.0 Å². The summed E-state index contributed by atoms with van der Waals surface area (Å²) in [5.41, 5.74) is 3.67. The van der Waals surface area contributed by atoms with Crippen molar-refractivity contribution in [3.63, 3.8) is 0 Å². The van der Waals surface area contributed by atoms with Crippen LogP contribution in [0.5, 0.6) is 5.75 Å². The van der Waals surface area contributed by atoms with Crippen LogP contribution in [0.1, 0.15) is 42.5 Å². The Morgan fingerprint density at radius 3 is 2.27 bits per heavy atom. The van der Waals surface area contributed by atoms with E-state index in [-0.39, 0.29) is 24.9 Å². The molecule has 3 rings (SSSR count). The lowest BCUT2D eigenvalue weighted by molar-refractivity contribution is -0.140. The molecule has 0 heterocycles. The number of amides is 2. The van der Waals surface area contributed by atoms with Gasteiger partial charge in [0.1, 0.15) is 18.3 Å². The molecule has 220 valence electrons. The summed E-state index contributed by atoms with van der Waals surface area (Å²) < 4.78 is 32.6. The second-order valence-corrected chi connectivity index (χ2v) is 12.4. The van der Waals surface area contributed by atoms with Gasteiger partial charge in [0, 0.05) is 19.0 Å². The highest BCUT2D eigenvalue weighted by Crippen LogP contribution is 2.25. The topological polar surface area (TPSA) is 96.0 Å². The van der Waals surface area contributed by atoms with Gasteiger partial charge in [-0.3, -0.25) is 13.9 Å². The van der Waals surface area contributed by atoms with E-state index in [9.17, 15) is 18.0 Å². The lowest BCUT2D eigenvalue weighted by Crippen LogP contribution is -2.54. The summed E-state index contributed by atoms with van der Waals surface area (Å²) in [6.07, 6.45) is 2.08. The standard InChI is InChI=1S/C32H41N3O5S/c1-7-25(4)33-32(37)30(20-26-12-9-8-10-13-26)34(21-27-14-11-15-28(19-27)40-5)31(36)22-35(41(6,38)39)29-18-23(2)16-17-24(29)3/h8-19,25,30H,7,20-22H2,1-6H3,(H,33,37)/t25-,30-/m0/s1. The Kier molecular flexibility index (Phi) is 10.9. The number of methoxy groups -OCH3 is 1. The molecule has 2 amide bonds. The first-order valence-electron chi connectivity index (χ1n) is 13.7. The van der Waals surface area contributed by atoms with E-state index in [1.165, 1.54) is 4.90 Å². The van der Waals surface area contributed by atoms with Crippen molar-refractivity contribution in [2.24, 2.45) is 0 Å². The number of carbonyl (C=O) groups is 2. The van der Waals surface area contributed by atoms with E-state index in [1.54, 1.807) is 19.2 Å². The maximum Gasteiger partial charge on any atom is 0.244 e. The van der Waals surface area contributed by atoms with Crippen LogP contribution in [-0.4, -0.2) is 57.1 Å². The van der Waals surface area contributed by atoms with Crippen LogP contribution in [0.2, 0.25) is 0 Å². The molecule has 3 aromatic rings. The molecule has 0 aliphatic rings. The Hall–Kier alpha value is -3.85. The summed E-state index contributed by atoms with van der Waals surface area (Å²) in [5.74, 6) is -0.164. The highest BCUT2D eigenvalue weighted by molar-refractivity contribution is 7.92. The Labute approximate surface area is 244 Å². The molecule has 8 nitrogen and oxygen atoms in total. The second kappa shape index (κ2) is 14.2. The van der Waals surface area contributed by atoms with Crippen molar-refractivity contribution in [3.8, 4) is 5.75 Å². The van der Waals surface area contributed by atoms with Crippen molar-refractivity contribution in [1.82, 2.24) is 10.2 Å². The number of hydrogen-bond donors (Lipinski definition) is 1. The minimum Gasteiger partial charge on any atom is -0.497 e. The quantitative estimate of drug-likeness (QED) is 0.319. The van der Waals surface area contributed by atoms with Crippen molar-refractivity contribution in [2.45, 2.75) is 59.2 Å². The number of nitrogens with one attached hydrogen (secondary N) is 1. The molecule has 0 unspecified atom stereocenters. The average molecular weight is 580 g/mol. The monoisotopic (exact) mass is 579 g/mol. The molecule has 9 heteroatoms. The van der Waals surface area contributed by atoms with E-state index in [4.69, 9.17) is 4.74 Å². The van der Waals surface area contributed by atoms with Crippen LogP contribution in [0.3, 0.4) is 0 Å². The maximum atomic E-state index is 14.2. The van der Waals surface area contributed by atoms with Crippen LogP contribution in [0, 0.1) is 13.8 Å². The molecule has 3 aromatic carbocycles. The second-order valence-electron chi connectivity index (χ2n) is 10.5. The van der Waals surface area contributed by atoms with Crippen molar-refractivity contribution in [1.29, 1.82) is 0 Å². The van der Waals surface area contributed by atoms with Gasteiger partial charge in [0.2, 0.25) is 21.8 Å². The van der Waals surface area contributed by atoms with Crippen LogP contribution < -0.4 is 14.4 Å². The number of nitrogens with zero attached hydrogens (tertiary/aromatic N) is 2. The number of anilines is 1. The Morgan fingerprint density at radius 2 is 1.63 bits per heavy atom. The van der Waals surface area contributed by atoms with Gasteiger partial charge in [-0.15, -0.1) is 0 Å². The molecule has 0 radical (unpaired) electrons. The first kappa shape index (κ1) is 31.7. The van der Waals surface area contributed by atoms with Gasteiger partial charge in [-0.1, -0.05) is 61.5 Å². The molecule has 2 atom stereocenters. The first-order valence-corrected chi connectivity index (χ1v) is 15.6. The van der Waals surface area contributed by atoms with Gasteiger partial charge in [-0.2, -0.15) is 0 Å². The fourth-order valence-corrected chi connectivity index (χ4v) is 5.44. The highest BCUT2D eigenvalue weighted by atomic mass is 32.2. The van der Waals surface area contributed by atoms with Gasteiger partial charge in [0.05, 0.1) is 19.1 Å². The molecule has 1 N–H and O–H groups in total. The van der Waals surface area contributed by atoms with E-state index in [0.29, 0.717) is 11.4 Å². The summed E-state index contributed by atoms with van der Waals surface area (Å²) in [5, 5.41) is 3.04. The number of rotatable bonds is 13. The highest BCUT2D eigenvalue weighted by Gasteiger charge is 2.33. The Morgan fingerprint density at radius 1 is 0.951 bits per heavy atom. The number of ether oxygens (including phenoxy) is 1. The van der Waals surface area contributed by atoms with Crippen LogP contribution in [0.4, 0.5) is 5.69 Å². The van der Waals surface area contributed by atoms with Gasteiger partial charge in [0.15, 0.2) is 0 Å². The predicted octanol–water partition coefficient (Wildman–Crippen LogP) is 4.63. The molecule has 0 saturated carbocycles. The summed E-state index contributed by atoms with van der Waals surface area (Å²) in [4.78, 5) is 29.5. The Balaban J connectivity index is 2.10. The molecule has 0 fully saturated rings. The smallest absolute Gasteiger partial charge is 0.244 e. The lowest BCUT2D eigenvalue weighted by atomic mass is 10.0. The number of hydrogen-bond acceptors (Lipinski definition) is 5. The van der Waals surface area contributed by atoms with Gasteiger partial charge >= 0.3 is 0 Å². The number of aryl methyl sites for hydroxylation is 2. The number of sulfonamides is 1. The zero-order valence-electron chi connectivity index (χ0n) is 24.8. The van der Waals surface area contributed by atoms with Crippen LogP contribution in [0.15, 0.2) is 72.8 Å². The summed E-state index contributed by atoms with van der Waals surface area (Å²) in [6.45, 7) is 7.21. The van der Waals surface area contributed by atoms with E-state index in [2.05, 4.69) is 5.32 Å². The van der Waals surface area contributed by atoms with Crippen molar-refractivity contribution in [2.75, 3.05) is 24.2 Å². The van der Waals surface area contributed by atoms with Gasteiger partial charge in [-0.05, 0) is 67.6 Å². The van der Waals surface area contributed by atoms with E-state index in [0.717, 1.165) is 39.2 Å². The van der Waals surface area contributed by atoms with Crippen LogP contribution in [-0.2, 0) is 32.6 Å². The molecule has 0 aliphatic carbocycles. The summed E-state index contributed by atoms with van der Waals surface area (Å²) in [7, 11) is -2.27. The number of carbonyl (C=O) groups excluding carboxylic acids is 2.